The molecule has 1 aromatic carbocycles. The van der Waals surface area contributed by atoms with Crippen LogP contribution in [0.2, 0.25) is 0 Å². The molecule has 0 radical (unpaired) electrons. The quantitative estimate of drug-likeness (QED) is 0.0338. The molecule has 0 unspecified atom stereocenters. The van der Waals surface area contributed by atoms with Crippen molar-refractivity contribution < 1.29 is 73.2 Å². The zero-order valence-corrected chi connectivity index (χ0v) is 40.1. The fourth-order valence-electron chi connectivity index (χ4n) is 7.35. The zero-order valence-electron chi connectivity index (χ0n) is 40.1. The Hall–Kier alpha value is -6.73. The van der Waals surface area contributed by atoms with E-state index in [4.69, 9.17) is 11.5 Å². The standard InChI is InChI=1S/C45H70N10O15/c1-23(2)35(43(67)50-29(16-17-33(57)58)39(63)51-30(21-34(59)60)41(65)52-31(22-56)45(69)70)53-40(64)28(14-9-10-18-46)49-37(61)25(5)48-42(66)32-15-11-19-55(32)44(68)36(24(3)4)54-38(62)27(47)20-26-12-7-6-8-13-26/h6-8,12-13,23-25,27-32,35-36,56H,9-11,14-22,46-47H2,1-5H3,(H,48,66)(H,49,61)(H,50,67)(H,51,63)(H,52,65)(H,53,64)(H,54,62)(H,57,58)(H,59,60)(H,69,70)/t25-,27-,28-,29-,30-,31-,32-,35-,36-/m0/s1. The van der Waals surface area contributed by atoms with Gasteiger partial charge >= 0.3 is 17.9 Å². The second-order valence-corrected chi connectivity index (χ2v) is 17.8. The summed E-state index contributed by atoms with van der Waals surface area (Å²) in [6, 6.07) is -3.40. The SMILES string of the molecule is CC(C)[C@H](NC(=O)[C@H](CCCCN)NC(=O)[C@H](C)NC(=O)[C@@H]1CCCN1C(=O)[C@@H](NC(=O)[C@@H](N)Cc1ccccc1)C(C)C)C(=O)N[C@@H](CCC(=O)O)C(=O)N[C@@H](CC(=O)O)C(=O)N[C@@H](CO)C(=O)O. The minimum atomic E-state index is -1.94. The van der Waals surface area contributed by atoms with Gasteiger partial charge in [0.25, 0.3) is 0 Å². The number of hydrogen-bond acceptors (Lipinski definition) is 14. The molecule has 70 heavy (non-hydrogen) atoms. The maximum absolute atomic E-state index is 13.9. The summed E-state index contributed by atoms with van der Waals surface area (Å²) in [5.74, 6) is -12.7. The van der Waals surface area contributed by atoms with Gasteiger partial charge in [0.05, 0.1) is 19.1 Å². The molecule has 1 aliphatic heterocycles. The number of aliphatic carboxylic acids is 3. The van der Waals surface area contributed by atoms with Crippen LogP contribution in [0.4, 0.5) is 0 Å². The van der Waals surface area contributed by atoms with Gasteiger partial charge < -0.3 is 74.0 Å². The fraction of sp³-hybridized carbons (Fsp3) is 0.622. The number of carbonyl (C=O) groups is 11. The van der Waals surface area contributed by atoms with Gasteiger partial charge in [-0.3, -0.25) is 47.9 Å². The number of carboxylic acid groups (broad SMARTS) is 3. The molecular formula is C45H70N10O15. The lowest BCUT2D eigenvalue weighted by Gasteiger charge is -2.31. The van der Waals surface area contributed by atoms with Crippen molar-refractivity contribution in [3.8, 4) is 0 Å². The van der Waals surface area contributed by atoms with Crippen LogP contribution >= 0.6 is 0 Å². The Morgan fingerprint density at radius 3 is 1.74 bits per heavy atom. The van der Waals surface area contributed by atoms with Gasteiger partial charge in [-0.05, 0) is 75.8 Å². The minimum Gasteiger partial charge on any atom is -0.481 e. The molecule has 1 heterocycles. The van der Waals surface area contributed by atoms with E-state index in [9.17, 15) is 73.2 Å². The number of carboxylic acids is 3. The Balaban J connectivity index is 2.22. The van der Waals surface area contributed by atoms with Crippen LogP contribution in [0.5, 0.6) is 0 Å². The van der Waals surface area contributed by atoms with E-state index in [1.807, 2.05) is 35.6 Å². The van der Waals surface area contributed by atoms with E-state index in [2.05, 4.69) is 31.9 Å². The number of benzene rings is 1. The van der Waals surface area contributed by atoms with Gasteiger partial charge in [-0.2, -0.15) is 0 Å². The van der Waals surface area contributed by atoms with Crippen LogP contribution in [0.3, 0.4) is 0 Å². The van der Waals surface area contributed by atoms with Crippen molar-refractivity contribution in [1.29, 1.82) is 0 Å². The van der Waals surface area contributed by atoms with E-state index in [1.54, 1.807) is 13.8 Å². The molecule has 390 valence electrons. The number of nitrogens with one attached hydrogen (secondary N) is 7. The predicted molar refractivity (Wildman–Crippen MR) is 248 cm³/mol. The summed E-state index contributed by atoms with van der Waals surface area (Å²) in [5, 5.41) is 54.0. The number of aliphatic hydroxyl groups excluding tert-OH is 1. The van der Waals surface area contributed by atoms with E-state index in [1.165, 1.54) is 25.7 Å². The largest absolute Gasteiger partial charge is 0.481 e. The first kappa shape index (κ1) is 59.4. The van der Waals surface area contributed by atoms with Crippen LogP contribution in [-0.4, -0.2) is 165 Å². The Kier molecular flexibility index (Phi) is 24.9. The number of aliphatic hydroxyl groups is 1. The van der Waals surface area contributed by atoms with Crippen molar-refractivity contribution in [2.45, 2.75) is 147 Å². The smallest absolute Gasteiger partial charge is 0.328 e. The number of likely N-dealkylation sites (tertiary alicyclic amines) is 1. The summed E-state index contributed by atoms with van der Waals surface area (Å²) >= 11 is 0. The third-order valence-corrected chi connectivity index (χ3v) is 11.4. The molecule has 0 aromatic heterocycles. The average Bonchev–Trinajstić information content (AvgIpc) is 3.79. The highest BCUT2D eigenvalue weighted by Crippen LogP contribution is 2.21. The van der Waals surface area contributed by atoms with Gasteiger partial charge in [0.2, 0.25) is 47.3 Å². The van der Waals surface area contributed by atoms with Gasteiger partial charge in [-0.15, -0.1) is 0 Å². The first-order valence-electron chi connectivity index (χ1n) is 23.1. The lowest BCUT2D eigenvalue weighted by atomic mass is 10.00. The van der Waals surface area contributed by atoms with Crippen molar-refractivity contribution in [2.24, 2.45) is 23.3 Å². The first-order chi connectivity index (χ1) is 32.9. The molecule has 8 amide bonds. The molecule has 0 bridgehead atoms. The average molecular weight is 991 g/mol. The summed E-state index contributed by atoms with van der Waals surface area (Å²) in [4.78, 5) is 144. The van der Waals surface area contributed by atoms with Crippen molar-refractivity contribution in [2.75, 3.05) is 19.7 Å². The number of unbranched alkanes of at least 4 members (excludes halogenated alkanes) is 1. The maximum atomic E-state index is 13.9. The fourth-order valence-corrected chi connectivity index (χ4v) is 7.35. The highest BCUT2D eigenvalue weighted by molar-refractivity contribution is 5.98. The van der Waals surface area contributed by atoms with Gasteiger partial charge in [0.15, 0.2) is 0 Å². The lowest BCUT2D eigenvalue weighted by molar-refractivity contribution is -0.144. The van der Waals surface area contributed by atoms with Crippen LogP contribution in [0.25, 0.3) is 0 Å². The van der Waals surface area contributed by atoms with Gasteiger partial charge in [0.1, 0.15) is 48.3 Å². The molecule has 2 rings (SSSR count). The van der Waals surface area contributed by atoms with E-state index in [0.717, 1.165) is 5.56 Å². The number of hydrogen-bond donors (Lipinski definition) is 13. The second-order valence-electron chi connectivity index (χ2n) is 17.8. The van der Waals surface area contributed by atoms with Gasteiger partial charge in [-0.1, -0.05) is 58.0 Å². The molecule has 1 fully saturated rings. The summed E-state index contributed by atoms with van der Waals surface area (Å²) in [6.45, 7) is 7.26. The molecule has 0 saturated carbocycles. The number of nitrogens with two attached hydrogens (primary N) is 2. The normalized spacial score (nSPS) is 16.8. The molecule has 1 aliphatic rings. The van der Waals surface area contributed by atoms with E-state index < -0.39 is 151 Å². The highest BCUT2D eigenvalue weighted by Gasteiger charge is 2.40. The molecule has 25 nitrogen and oxygen atoms in total. The molecule has 25 heteroatoms. The van der Waals surface area contributed by atoms with Gasteiger partial charge in [-0.25, -0.2) is 4.79 Å². The minimum absolute atomic E-state index is 0.0137. The summed E-state index contributed by atoms with van der Waals surface area (Å²) in [5.41, 5.74) is 12.7. The number of amides is 8. The Morgan fingerprint density at radius 2 is 1.19 bits per heavy atom. The molecule has 0 spiro atoms. The summed E-state index contributed by atoms with van der Waals surface area (Å²) in [7, 11) is 0. The van der Waals surface area contributed by atoms with Crippen molar-refractivity contribution in [3.05, 3.63) is 35.9 Å². The third kappa shape index (κ3) is 19.3. The third-order valence-electron chi connectivity index (χ3n) is 11.4. The van der Waals surface area contributed by atoms with Crippen LogP contribution in [0.15, 0.2) is 30.3 Å². The van der Waals surface area contributed by atoms with Crippen LogP contribution in [0, 0.1) is 11.8 Å². The second kappa shape index (κ2) is 29.3. The number of nitrogens with zero attached hydrogens (tertiary/aromatic N) is 1. The van der Waals surface area contributed by atoms with E-state index in [0.29, 0.717) is 19.3 Å². The van der Waals surface area contributed by atoms with Crippen molar-refractivity contribution in [3.63, 3.8) is 0 Å². The van der Waals surface area contributed by atoms with Gasteiger partial charge in [0, 0.05) is 13.0 Å². The molecule has 15 N–H and O–H groups in total. The first-order valence-corrected chi connectivity index (χ1v) is 23.1. The zero-order chi connectivity index (χ0) is 52.8. The summed E-state index contributed by atoms with van der Waals surface area (Å²) in [6.07, 6.45) is -0.657. The topological polar surface area (TPSA) is 408 Å². The van der Waals surface area contributed by atoms with E-state index >= 15 is 0 Å². The molecular weight excluding hydrogens is 921 g/mol. The molecule has 1 saturated heterocycles. The molecule has 1 aromatic rings. The number of rotatable bonds is 30. The Bertz CT molecular complexity index is 2010. The maximum Gasteiger partial charge on any atom is 0.328 e. The van der Waals surface area contributed by atoms with E-state index in [-0.39, 0.29) is 38.3 Å². The summed E-state index contributed by atoms with van der Waals surface area (Å²) < 4.78 is 0. The Labute approximate surface area is 405 Å². The number of carbonyl (C=O) groups excluding carboxylic acids is 8. The lowest BCUT2D eigenvalue weighted by Crippen LogP contribution is -2.61. The Morgan fingerprint density at radius 1 is 0.643 bits per heavy atom. The highest BCUT2D eigenvalue weighted by atomic mass is 16.4. The van der Waals surface area contributed by atoms with Crippen LogP contribution in [0.1, 0.15) is 91.5 Å². The van der Waals surface area contributed by atoms with Crippen LogP contribution < -0.4 is 48.7 Å². The molecule has 0 aliphatic carbocycles. The monoisotopic (exact) mass is 991 g/mol. The predicted octanol–water partition coefficient (Wildman–Crippen LogP) is -3.18. The van der Waals surface area contributed by atoms with Crippen LogP contribution in [-0.2, 0) is 59.2 Å². The molecule has 9 atom stereocenters. The van der Waals surface area contributed by atoms with Crippen molar-refractivity contribution in [1.82, 2.24) is 42.1 Å². The van der Waals surface area contributed by atoms with Crippen molar-refractivity contribution >= 4 is 65.2 Å².